The molecule has 6 nitrogen and oxygen atoms in total. The molecule has 166 valence electrons. The molecule has 1 N–H and O–H groups in total. The van der Waals surface area contributed by atoms with Crippen molar-refractivity contribution in [1.82, 2.24) is 20.0 Å². The Balaban J connectivity index is 1.52. The van der Waals surface area contributed by atoms with Gasteiger partial charge in [-0.2, -0.15) is 5.10 Å². The van der Waals surface area contributed by atoms with E-state index < -0.39 is 0 Å². The predicted octanol–water partition coefficient (Wildman–Crippen LogP) is 3.74. The summed E-state index contributed by atoms with van der Waals surface area (Å²) in [5.41, 5.74) is 4.13. The topological polar surface area (TPSA) is 59.4 Å². The van der Waals surface area contributed by atoms with Crippen molar-refractivity contribution in [3.05, 3.63) is 59.4 Å². The monoisotopic (exact) mass is 422 g/mol. The first-order chi connectivity index (χ1) is 15.2. The van der Waals surface area contributed by atoms with Gasteiger partial charge in [0.2, 0.25) is 0 Å². The number of benzene rings is 1. The number of para-hydroxylation sites is 1. The van der Waals surface area contributed by atoms with E-state index in [1.807, 2.05) is 33.9 Å². The lowest BCUT2D eigenvalue weighted by molar-refractivity contribution is 0.0753. The normalized spacial score (nSPS) is 18.9. The Hall–Kier alpha value is -2.60. The maximum absolute atomic E-state index is 13.4. The third-order valence-electron chi connectivity index (χ3n) is 6.52. The van der Waals surface area contributed by atoms with Gasteiger partial charge in [-0.3, -0.25) is 9.48 Å². The molecule has 0 bridgehead atoms. The predicted molar refractivity (Wildman–Crippen MR) is 122 cm³/mol. The maximum Gasteiger partial charge on any atom is 0.274 e. The molecule has 1 aliphatic heterocycles. The van der Waals surface area contributed by atoms with Gasteiger partial charge in [-0.25, -0.2) is 0 Å². The fourth-order valence-electron chi connectivity index (χ4n) is 4.83. The fraction of sp³-hybridized carbons (Fsp3) is 0.520. The van der Waals surface area contributed by atoms with E-state index in [0.29, 0.717) is 18.3 Å². The number of carbonyl (C=O) groups is 1. The Kier molecular flexibility index (Phi) is 7.07. The Bertz CT molecular complexity index is 912. The number of hydrogen-bond donors (Lipinski definition) is 1. The van der Waals surface area contributed by atoms with Crippen molar-refractivity contribution in [2.24, 2.45) is 0 Å². The van der Waals surface area contributed by atoms with E-state index in [1.54, 1.807) is 7.11 Å². The van der Waals surface area contributed by atoms with Gasteiger partial charge in [-0.1, -0.05) is 37.1 Å². The van der Waals surface area contributed by atoms with Crippen LogP contribution in [0.15, 0.2) is 36.9 Å². The Labute approximate surface area is 185 Å². The van der Waals surface area contributed by atoms with Crippen LogP contribution in [-0.2, 0) is 25.9 Å². The summed E-state index contributed by atoms with van der Waals surface area (Å²) in [7, 11) is 1.71. The molecule has 0 unspecified atom stereocenters. The molecule has 1 aromatic carbocycles. The molecule has 2 aromatic rings. The van der Waals surface area contributed by atoms with Gasteiger partial charge in [0.1, 0.15) is 5.75 Å². The van der Waals surface area contributed by atoms with E-state index >= 15 is 0 Å². The Morgan fingerprint density at radius 2 is 2.03 bits per heavy atom. The number of aromatic nitrogens is 2. The third-order valence-corrected chi connectivity index (χ3v) is 6.52. The van der Waals surface area contributed by atoms with Crippen molar-refractivity contribution in [1.29, 1.82) is 0 Å². The molecular weight excluding hydrogens is 388 g/mol. The van der Waals surface area contributed by atoms with Crippen molar-refractivity contribution in [3.8, 4) is 5.75 Å². The second-order valence-electron chi connectivity index (χ2n) is 8.58. The van der Waals surface area contributed by atoms with Crippen LogP contribution in [0.5, 0.6) is 5.75 Å². The van der Waals surface area contributed by atoms with Crippen LogP contribution in [0.1, 0.15) is 59.4 Å². The minimum absolute atomic E-state index is 0.103. The highest BCUT2D eigenvalue weighted by Crippen LogP contribution is 2.27. The summed E-state index contributed by atoms with van der Waals surface area (Å²) >= 11 is 0. The van der Waals surface area contributed by atoms with E-state index in [1.165, 1.54) is 18.5 Å². The molecule has 31 heavy (non-hydrogen) atoms. The molecule has 1 amide bonds. The van der Waals surface area contributed by atoms with E-state index in [0.717, 1.165) is 68.6 Å². The van der Waals surface area contributed by atoms with E-state index in [9.17, 15) is 4.79 Å². The number of allylic oxidation sites excluding steroid dienone is 1. The largest absolute Gasteiger partial charge is 0.496 e. The highest BCUT2D eigenvalue weighted by molar-refractivity contribution is 5.94. The zero-order valence-corrected chi connectivity index (χ0v) is 18.6. The first-order valence-corrected chi connectivity index (χ1v) is 11.5. The molecule has 0 spiro atoms. The summed E-state index contributed by atoms with van der Waals surface area (Å²) in [6, 6.07) is 8.43. The molecule has 4 rings (SSSR count). The van der Waals surface area contributed by atoms with Crippen molar-refractivity contribution < 1.29 is 9.53 Å². The molecule has 1 aromatic heterocycles. The summed E-state index contributed by atoms with van der Waals surface area (Å²) in [4.78, 5) is 15.4. The van der Waals surface area contributed by atoms with Gasteiger partial charge in [-0.15, -0.1) is 6.58 Å². The average molecular weight is 423 g/mol. The number of nitrogens with one attached hydrogen (secondary N) is 1. The summed E-state index contributed by atoms with van der Waals surface area (Å²) in [6.07, 6.45) is 9.24. The second-order valence-corrected chi connectivity index (χ2v) is 8.58. The van der Waals surface area contributed by atoms with Gasteiger partial charge in [0.05, 0.1) is 13.7 Å². The molecule has 0 saturated carbocycles. The molecule has 1 fully saturated rings. The van der Waals surface area contributed by atoms with Crippen LogP contribution in [0.2, 0.25) is 0 Å². The number of nitrogens with zero attached hydrogens (tertiary/aromatic N) is 3. The van der Waals surface area contributed by atoms with Gasteiger partial charge in [0.25, 0.3) is 5.91 Å². The number of likely N-dealkylation sites (tertiary alicyclic amines) is 1. The smallest absolute Gasteiger partial charge is 0.274 e. The van der Waals surface area contributed by atoms with Crippen LogP contribution in [0.25, 0.3) is 0 Å². The van der Waals surface area contributed by atoms with Crippen molar-refractivity contribution in [2.45, 2.75) is 64.1 Å². The first kappa shape index (κ1) is 21.6. The number of hydrogen-bond acceptors (Lipinski definition) is 4. The SMILES string of the molecule is C=CCn1nc(C(=O)N2CCCCCC2)c2c1CC[C@H](NCc1ccccc1OC)C2. The molecule has 2 aliphatic rings. The van der Waals surface area contributed by atoms with E-state index in [-0.39, 0.29) is 5.91 Å². The van der Waals surface area contributed by atoms with Crippen molar-refractivity contribution in [3.63, 3.8) is 0 Å². The third kappa shape index (κ3) is 4.85. The minimum atomic E-state index is 0.103. The standard InChI is InChI=1S/C25H34N4O2/c1-3-14-29-22-13-12-20(26-18-19-10-6-7-11-23(19)31-2)17-21(22)24(27-29)25(30)28-15-8-4-5-9-16-28/h3,6-7,10-11,20,26H,1,4-5,8-9,12-18H2,2H3/t20-/m0/s1. The zero-order valence-electron chi connectivity index (χ0n) is 18.6. The quantitative estimate of drug-likeness (QED) is 0.691. The molecule has 0 radical (unpaired) electrons. The summed E-state index contributed by atoms with van der Waals surface area (Å²) < 4.78 is 7.48. The molecule has 1 atom stereocenters. The van der Waals surface area contributed by atoms with Crippen LogP contribution < -0.4 is 10.1 Å². The van der Waals surface area contributed by atoms with E-state index in [4.69, 9.17) is 9.84 Å². The van der Waals surface area contributed by atoms with Gasteiger partial charge >= 0.3 is 0 Å². The highest BCUT2D eigenvalue weighted by Gasteiger charge is 2.31. The van der Waals surface area contributed by atoms with Crippen LogP contribution in [-0.4, -0.2) is 46.8 Å². The van der Waals surface area contributed by atoms with Crippen molar-refractivity contribution >= 4 is 5.91 Å². The summed E-state index contributed by atoms with van der Waals surface area (Å²) in [5, 5.41) is 8.46. The zero-order chi connectivity index (χ0) is 21.6. The maximum atomic E-state index is 13.4. The average Bonchev–Trinajstić information content (AvgIpc) is 2.97. The van der Waals surface area contributed by atoms with Crippen LogP contribution in [0.3, 0.4) is 0 Å². The van der Waals surface area contributed by atoms with Gasteiger partial charge < -0.3 is 15.0 Å². The highest BCUT2D eigenvalue weighted by atomic mass is 16.5. The Morgan fingerprint density at radius 1 is 1.26 bits per heavy atom. The van der Waals surface area contributed by atoms with E-state index in [2.05, 4.69) is 18.0 Å². The fourth-order valence-corrected chi connectivity index (χ4v) is 4.83. The number of carbonyl (C=O) groups excluding carboxylic acids is 1. The number of amides is 1. The minimum Gasteiger partial charge on any atom is -0.496 e. The summed E-state index contributed by atoms with van der Waals surface area (Å²) in [6.45, 7) is 6.96. The molecular formula is C25H34N4O2. The molecule has 6 heteroatoms. The molecule has 1 aliphatic carbocycles. The van der Waals surface area contributed by atoms with Crippen LogP contribution >= 0.6 is 0 Å². The lowest BCUT2D eigenvalue weighted by atomic mass is 9.90. The first-order valence-electron chi connectivity index (χ1n) is 11.5. The second kappa shape index (κ2) is 10.1. The number of rotatable bonds is 7. The van der Waals surface area contributed by atoms with Crippen LogP contribution in [0, 0.1) is 0 Å². The van der Waals surface area contributed by atoms with Gasteiger partial charge in [-0.05, 0) is 38.2 Å². The number of ether oxygens (including phenoxy) is 1. The number of fused-ring (bicyclic) bond motifs is 1. The molecule has 1 saturated heterocycles. The number of methoxy groups -OCH3 is 1. The lowest BCUT2D eigenvalue weighted by Gasteiger charge is -2.26. The van der Waals surface area contributed by atoms with Gasteiger partial charge in [0.15, 0.2) is 5.69 Å². The Morgan fingerprint density at radius 3 is 2.77 bits per heavy atom. The van der Waals surface area contributed by atoms with Crippen LogP contribution in [0.4, 0.5) is 0 Å². The van der Waals surface area contributed by atoms with Gasteiger partial charge in [0, 0.05) is 42.5 Å². The molecule has 2 heterocycles. The lowest BCUT2D eigenvalue weighted by Crippen LogP contribution is -2.36. The van der Waals surface area contributed by atoms with Crippen molar-refractivity contribution in [2.75, 3.05) is 20.2 Å². The summed E-state index contributed by atoms with van der Waals surface area (Å²) in [5.74, 6) is 1.01.